The van der Waals surface area contributed by atoms with E-state index in [1.165, 1.54) is 6.07 Å². The Balaban J connectivity index is 1.98. The molecule has 0 saturated carbocycles. The van der Waals surface area contributed by atoms with Gasteiger partial charge in [-0.15, -0.1) is 0 Å². The number of nitrogens with zero attached hydrogens (tertiary/aromatic N) is 1. The fraction of sp³-hybridized carbons (Fsp3) is 0.538. The minimum absolute atomic E-state index is 0.0178. The molecule has 0 bridgehead atoms. The van der Waals surface area contributed by atoms with Crippen LogP contribution in [0, 0.1) is 18.7 Å². The van der Waals surface area contributed by atoms with E-state index in [9.17, 15) is 8.42 Å². The monoisotopic (exact) mass is 477 g/mol. The third-order valence-corrected chi connectivity index (χ3v) is 6.77. The molecule has 182 valence electrons. The van der Waals surface area contributed by atoms with Gasteiger partial charge in [-0.3, -0.25) is 9.08 Å². The molecule has 0 spiro atoms. The van der Waals surface area contributed by atoms with E-state index in [2.05, 4.69) is 25.7 Å². The highest BCUT2D eigenvalue weighted by Crippen LogP contribution is 2.40. The zero-order valence-corrected chi connectivity index (χ0v) is 21.1. The van der Waals surface area contributed by atoms with Gasteiger partial charge in [0.2, 0.25) is 0 Å². The van der Waals surface area contributed by atoms with E-state index in [0.717, 1.165) is 48.9 Å². The second kappa shape index (κ2) is 10.6. The van der Waals surface area contributed by atoms with Crippen molar-refractivity contribution in [3.8, 4) is 11.1 Å². The summed E-state index contributed by atoms with van der Waals surface area (Å²) in [6.07, 6.45) is 2.62. The summed E-state index contributed by atoms with van der Waals surface area (Å²) in [5.74, 6) is -0.149. The van der Waals surface area contributed by atoms with Crippen molar-refractivity contribution in [1.29, 1.82) is 0 Å². The van der Waals surface area contributed by atoms with Gasteiger partial charge in [-0.2, -0.15) is 8.42 Å². The van der Waals surface area contributed by atoms with Crippen molar-refractivity contribution in [3.05, 3.63) is 59.4 Å². The Bertz CT molecular complexity index is 1050. The maximum atomic E-state index is 15.2. The summed E-state index contributed by atoms with van der Waals surface area (Å²) in [5, 5.41) is 0. The normalized spacial score (nSPS) is 18.9. The van der Waals surface area contributed by atoms with Crippen molar-refractivity contribution >= 4 is 10.1 Å². The molecule has 0 aliphatic carbocycles. The number of hydrogen-bond donors (Lipinski definition) is 0. The molecule has 2 aromatic rings. The van der Waals surface area contributed by atoms with Gasteiger partial charge in [0, 0.05) is 23.6 Å². The summed E-state index contributed by atoms with van der Waals surface area (Å²) in [6, 6.07) is 12.9. The lowest BCUT2D eigenvalue weighted by Gasteiger charge is -2.44. The van der Waals surface area contributed by atoms with E-state index in [-0.39, 0.29) is 36.6 Å². The number of likely N-dealkylation sites (tertiary alicyclic amines) is 1. The summed E-state index contributed by atoms with van der Waals surface area (Å²) in [6.45, 7) is 10.5. The predicted octanol–water partition coefficient (Wildman–Crippen LogP) is 5.35. The number of rotatable bonds is 8. The molecule has 1 saturated heterocycles. The van der Waals surface area contributed by atoms with Crippen molar-refractivity contribution < 1.29 is 21.7 Å². The van der Waals surface area contributed by atoms with Crippen LogP contribution in [0.2, 0.25) is 0 Å². The number of halogens is 1. The van der Waals surface area contributed by atoms with Crippen molar-refractivity contribution in [3.63, 3.8) is 0 Å². The molecule has 1 aliphatic rings. The SMILES string of the molecule is Cc1cccc(-c2c(F)cccc2C(OCCOS(C)(=O)=O)[C@@H]2CCCN(C(C)(C)C)C2)c1. The Morgan fingerprint density at radius 2 is 1.88 bits per heavy atom. The standard InChI is InChI=1S/C26H36FNO4S/c1-19-9-6-10-20(17-19)24-22(12-7-13-23(24)27)25(31-15-16-32-33(5,29)30)21-11-8-14-28(18-21)26(2,3)4/h6-7,9-10,12-13,17,21,25H,8,11,14-16,18H2,1-5H3/t21-,25?/m1/s1. The van der Waals surface area contributed by atoms with E-state index in [4.69, 9.17) is 8.92 Å². The second-order valence-electron chi connectivity index (χ2n) is 9.91. The van der Waals surface area contributed by atoms with Crippen molar-refractivity contribution in [2.75, 3.05) is 32.6 Å². The first-order chi connectivity index (χ1) is 15.5. The van der Waals surface area contributed by atoms with Gasteiger partial charge in [-0.05, 0) is 64.3 Å². The van der Waals surface area contributed by atoms with Crippen molar-refractivity contribution in [1.82, 2.24) is 4.90 Å². The first-order valence-corrected chi connectivity index (χ1v) is 13.3. The molecule has 5 nitrogen and oxygen atoms in total. The average Bonchev–Trinajstić information content (AvgIpc) is 2.72. The smallest absolute Gasteiger partial charge is 0.264 e. The van der Waals surface area contributed by atoms with Crippen LogP contribution in [0.3, 0.4) is 0 Å². The molecule has 2 atom stereocenters. The molecular formula is C26H36FNO4S. The largest absolute Gasteiger partial charge is 0.371 e. The molecule has 0 radical (unpaired) electrons. The molecule has 0 amide bonds. The Morgan fingerprint density at radius 1 is 1.15 bits per heavy atom. The zero-order chi connectivity index (χ0) is 24.2. The van der Waals surface area contributed by atoms with Gasteiger partial charge in [0.15, 0.2) is 0 Å². The van der Waals surface area contributed by atoms with Crippen LogP contribution in [-0.2, 0) is 19.0 Å². The molecule has 33 heavy (non-hydrogen) atoms. The van der Waals surface area contributed by atoms with Crippen LogP contribution in [0.5, 0.6) is 0 Å². The lowest BCUT2D eigenvalue weighted by molar-refractivity contribution is -0.0384. The molecule has 1 unspecified atom stereocenters. The first-order valence-electron chi connectivity index (χ1n) is 11.5. The van der Waals surface area contributed by atoms with Crippen LogP contribution < -0.4 is 0 Å². The van der Waals surface area contributed by atoms with E-state index in [1.54, 1.807) is 6.07 Å². The third kappa shape index (κ3) is 7.09. The minimum Gasteiger partial charge on any atom is -0.371 e. The molecular weight excluding hydrogens is 441 g/mol. The highest BCUT2D eigenvalue weighted by atomic mass is 32.2. The minimum atomic E-state index is -3.55. The number of ether oxygens (including phenoxy) is 1. The highest BCUT2D eigenvalue weighted by molar-refractivity contribution is 7.85. The maximum absolute atomic E-state index is 15.2. The molecule has 1 fully saturated rings. The van der Waals surface area contributed by atoms with E-state index >= 15 is 4.39 Å². The van der Waals surface area contributed by atoms with Gasteiger partial charge in [0.25, 0.3) is 10.1 Å². The van der Waals surface area contributed by atoms with E-state index in [0.29, 0.717) is 5.56 Å². The number of benzene rings is 2. The predicted molar refractivity (Wildman–Crippen MR) is 130 cm³/mol. The molecule has 0 N–H and O–H groups in total. The Hall–Kier alpha value is -1.80. The Kier molecular flexibility index (Phi) is 8.32. The Morgan fingerprint density at radius 3 is 2.55 bits per heavy atom. The Labute approximate surface area is 198 Å². The molecule has 3 rings (SSSR count). The lowest BCUT2D eigenvalue weighted by atomic mass is 9.83. The van der Waals surface area contributed by atoms with Crippen molar-refractivity contribution in [2.24, 2.45) is 5.92 Å². The van der Waals surface area contributed by atoms with Crippen molar-refractivity contribution in [2.45, 2.75) is 52.2 Å². The van der Waals surface area contributed by atoms with Crippen LogP contribution in [0.15, 0.2) is 42.5 Å². The number of piperidine rings is 1. The third-order valence-electron chi connectivity index (χ3n) is 6.17. The van der Waals surface area contributed by atoms with Crippen LogP contribution >= 0.6 is 0 Å². The summed E-state index contributed by atoms with van der Waals surface area (Å²) < 4.78 is 49.2. The summed E-state index contributed by atoms with van der Waals surface area (Å²) in [5.41, 5.74) is 3.22. The fourth-order valence-electron chi connectivity index (χ4n) is 4.59. The summed E-state index contributed by atoms with van der Waals surface area (Å²) in [7, 11) is -3.55. The van der Waals surface area contributed by atoms with E-state index < -0.39 is 10.1 Å². The summed E-state index contributed by atoms with van der Waals surface area (Å²) in [4.78, 5) is 2.44. The summed E-state index contributed by atoms with van der Waals surface area (Å²) >= 11 is 0. The molecule has 7 heteroatoms. The van der Waals surface area contributed by atoms with Crippen LogP contribution in [0.1, 0.15) is 50.8 Å². The van der Waals surface area contributed by atoms with Crippen LogP contribution in [-0.4, -0.2) is 51.4 Å². The average molecular weight is 478 g/mol. The van der Waals surface area contributed by atoms with E-state index in [1.807, 2.05) is 37.3 Å². The first kappa shape index (κ1) is 25.8. The van der Waals surface area contributed by atoms with Gasteiger partial charge >= 0.3 is 0 Å². The zero-order valence-electron chi connectivity index (χ0n) is 20.3. The number of aryl methyl sites for hydroxylation is 1. The van der Waals surface area contributed by atoms with Gasteiger partial charge in [-0.25, -0.2) is 4.39 Å². The lowest BCUT2D eigenvalue weighted by Crippen LogP contribution is -2.48. The topological polar surface area (TPSA) is 55.8 Å². The maximum Gasteiger partial charge on any atom is 0.264 e. The molecule has 1 aliphatic heterocycles. The molecule has 1 heterocycles. The fourth-order valence-corrected chi connectivity index (χ4v) is 4.96. The second-order valence-corrected chi connectivity index (χ2v) is 11.6. The van der Waals surface area contributed by atoms with Gasteiger partial charge < -0.3 is 4.74 Å². The van der Waals surface area contributed by atoms with Gasteiger partial charge in [0.1, 0.15) is 5.82 Å². The molecule has 0 aromatic heterocycles. The van der Waals surface area contributed by atoms with Crippen LogP contribution in [0.4, 0.5) is 4.39 Å². The van der Waals surface area contributed by atoms with Crippen LogP contribution in [0.25, 0.3) is 11.1 Å². The molecule has 2 aromatic carbocycles. The van der Waals surface area contributed by atoms with Gasteiger partial charge in [0.05, 0.1) is 25.6 Å². The number of hydrogen-bond acceptors (Lipinski definition) is 5. The highest BCUT2D eigenvalue weighted by Gasteiger charge is 2.35. The quantitative estimate of drug-likeness (QED) is 0.379. The van der Waals surface area contributed by atoms with Gasteiger partial charge in [-0.1, -0.05) is 42.0 Å².